The molecule has 1 aliphatic carbocycles. The van der Waals surface area contributed by atoms with E-state index in [0.29, 0.717) is 17.2 Å². The van der Waals surface area contributed by atoms with Crippen LogP contribution < -0.4 is 5.32 Å². The van der Waals surface area contributed by atoms with Crippen molar-refractivity contribution in [3.8, 4) is 5.69 Å². The van der Waals surface area contributed by atoms with E-state index in [9.17, 15) is 9.18 Å². The number of hydrogen-bond acceptors (Lipinski definition) is 3. The molecule has 0 spiro atoms. The molecule has 4 aromatic rings. The Balaban J connectivity index is 1.45. The average Bonchev–Trinajstić information content (AvgIpc) is 3.66. The minimum Gasteiger partial charge on any atom is -0.359 e. The van der Waals surface area contributed by atoms with Gasteiger partial charge < -0.3 is 15.0 Å². The third-order valence-corrected chi connectivity index (χ3v) is 6.71. The van der Waals surface area contributed by atoms with E-state index in [1.54, 1.807) is 30.3 Å². The maximum absolute atomic E-state index is 15.0. The Labute approximate surface area is 221 Å². The fraction of sp³-hybridized carbons (Fsp3) is 0.226. The van der Waals surface area contributed by atoms with Gasteiger partial charge in [0.15, 0.2) is 5.78 Å². The van der Waals surface area contributed by atoms with Gasteiger partial charge in [-0.15, -0.1) is 0 Å². The first kappa shape index (κ1) is 25.1. The highest BCUT2D eigenvalue weighted by Gasteiger charge is 2.25. The molecule has 1 fully saturated rings. The molecular weight excluding hydrogens is 477 g/mol. The summed E-state index contributed by atoms with van der Waals surface area (Å²) in [6.45, 7) is 15.6. The Morgan fingerprint density at radius 2 is 1.84 bits per heavy atom. The first-order chi connectivity index (χ1) is 18.6. The first-order valence-corrected chi connectivity index (χ1v) is 12.6. The van der Waals surface area contributed by atoms with E-state index in [0.717, 1.165) is 23.2 Å². The Hall–Kier alpha value is -4.59. The van der Waals surface area contributed by atoms with Crippen molar-refractivity contribution in [2.45, 2.75) is 31.8 Å². The third kappa shape index (κ3) is 5.70. The number of carbonyl (C=O) groups excluding carboxylic acids is 1. The van der Waals surface area contributed by atoms with Gasteiger partial charge in [-0.3, -0.25) is 4.79 Å². The van der Waals surface area contributed by atoms with Gasteiger partial charge >= 0.3 is 0 Å². The second-order valence-electron chi connectivity index (χ2n) is 9.54. The Morgan fingerprint density at radius 1 is 1.03 bits per heavy atom. The largest absolute Gasteiger partial charge is 0.359 e. The van der Waals surface area contributed by atoms with Gasteiger partial charge in [0.05, 0.1) is 11.7 Å². The second-order valence-corrected chi connectivity index (χ2v) is 9.54. The van der Waals surface area contributed by atoms with Gasteiger partial charge in [-0.25, -0.2) is 11.0 Å². The van der Waals surface area contributed by atoms with E-state index in [1.165, 1.54) is 29.7 Å². The molecule has 1 aliphatic rings. The molecule has 6 nitrogen and oxygen atoms in total. The Bertz CT molecular complexity index is 1540. The second kappa shape index (κ2) is 11.2. The van der Waals surface area contributed by atoms with E-state index in [1.807, 2.05) is 36.4 Å². The SMILES string of the molecule is [C-]#[N+]Cc1cccc(-n2nc([N+]#[C-])cc2C(=O)Cc2cc(C(NCC3CC3)c3ccccc3)ccc2F)c1. The molecule has 1 N–H and O–H groups in total. The molecule has 3 aromatic carbocycles. The number of nitrogens with zero attached hydrogens (tertiary/aromatic N) is 4. The van der Waals surface area contributed by atoms with Crippen molar-refractivity contribution in [1.29, 1.82) is 0 Å². The van der Waals surface area contributed by atoms with Crippen LogP contribution in [0.3, 0.4) is 0 Å². The molecule has 1 unspecified atom stereocenters. The third-order valence-electron chi connectivity index (χ3n) is 6.71. The average molecular weight is 504 g/mol. The van der Waals surface area contributed by atoms with E-state index < -0.39 is 5.82 Å². The van der Waals surface area contributed by atoms with Crippen LogP contribution >= 0.6 is 0 Å². The van der Waals surface area contributed by atoms with E-state index >= 15 is 0 Å². The van der Waals surface area contributed by atoms with Crippen molar-refractivity contribution in [2.75, 3.05) is 6.54 Å². The summed E-state index contributed by atoms with van der Waals surface area (Å²) in [6, 6.07) is 23.4. The normalized spacial score (nSPS) is 13.4. The summed E-state index contributed by atoms with van der Waals surface area (Å²) in [5.41, 5.74) is 3.82. The lowest BCUT2D eigenvalue weighted by atomic mass is 9.95. The summed E-state index contributed by atoms with van der Waals surface area (Å²) < 4.78 is 16.4. The molecule has 0 aliphatic heterocycles. The zero-order valence-corrected chi connectivity index (χ0v) is 20.8. The minimum absolute atomic E-state index is 0.0755. The Kier molecular flexibility index (Phi) is 7.40. The maximum Gasteiger partial charge on any atom is 0.296 e. The van der Waals surface area contributed by atoms with Crippen molar-refractivity contribution >= 4 is 11.6 Å². The molecule has 1 saturated carbocycles. The summed E-state index contributed by atoms with van der Waals surface area (Å²) in [4.78, 5) is 20.3. The molecule has 0 bridgehead atoms. The fourth-order valence-corrected chi connectivity index (χ4v) is 4.55. The maximum atomic E-state index is 15.0. The van der Waals surface area contributed by atoms with Crippen LogP contribution in [0.15, 0.2) is 78.9 Å². The van der Waals surface area contributed by atoms with Crippen molar-refractivity contribution in [3.63, 3.8) is 0 Å². The number of carbonyl (C=O) groups is 1. The zero-order chi connectivity index (χ0) is 26.5. The summed E-state index contributed by atoms with van der Waals surface area (Å²) in [5.74, 6) is -0.0487. The number of hydrogen-bond donors (Lipinski definition) is 1. The molecule has 0 saturated heterocycles. The van der Waals surface area contributed by atoms with Gasteiger partial charge in [-0.05, 0) is 71.4 Å². The van der Waals surface area contributed by atoms with E-state index in [4.69, 9.17) is 13.1 Å². The predicted octanol–water partition coefficient (Wildman–Crippen LogP) is 6.50. The summed E-state index contributed by atoms with van der Waals surface area (Å²) in [5, 5.41) is 7.91. The molecule has 1 atom stereocenters. The lowest BCUT2D eigenvalue weighted by molar-refractivity contribution is 0.0984. The van der Waals surface area contributed by atoms with Gasteiger partial charge in [-0.1, -0.05) is 61.2 Å². The number of Topliss-reactive ketones (excluding diaryl/α,β-unsaturated/α-hetero) is 1. The van der Waals surface area contributed by atoms with Gasteiger partial charge in [0.2, 0.25) is 6.54 Å². The summed E-state index contributed by atoms with van der Waals surface area (Å²) >= 11 is 0. The molecule has 0 radical (unpaired) electrons. The molecule has 1 aromatic heterocycles. The van der Waals surface area contributed by atoms with Crippen LogP contribution in [0.1, 0.15) is 51.6 Å². The molecule has 5 rings (SSSR count). The number of nitrogens with one attached hydrogen (secondary N) is 1. The van der Waals surface area contributed by atoms with Crippen LogP contribution in [-0.2, 0) is 13.0 Å². The highest BCUT2D eigenvalue weighted by Crippen LogP contribution is 2.31. The molecule has 1 heterocycles. The lowest BCUT2D eigenvalue weighted by Crippen LogP contribution is -2.25. The lowest BCUT2D eigenvalue weighted by Gasteiger charge is -2.21. The van der Waals surface area contributed by atoms with Crippen LogP contribution in [0.2, 0.25) is 0 Å². The van der Waals surface area contributed by atoms with E-state index in [2.05, 4.69) is 20.1 Å². The number of halogens is 1. The van der Waals surface area contributed by atoms with Crippen molar-refractivity contribution in [2.24, 2.45) is 5.92 Å². The number of rotatable bonds is 10. The van der Waals surface area contributed by atoms with Crippen LogP contribution in [0.25, 0.3) is 15.4 Å². The minimum atomic E-state index is -0.452. The number of benzene rings is 3. The quantitative estimate of drug-likeness (QED) is 0.199. The van der Waals surface area contributed by atoms with Crippen LogP contribution in [0, 0.1) is 24.9 Å². The van der Waals surface area contributed by atoms with Crippen molar-refractivity contribution in [3.05, 3.63) is 135 Å². The fourth-order valence-electron chi connectivity index (χ4n) is 4.55. The van der Waals surface area contributed by atoms with Crippen LogP contribution in [0.5, 0.6) is 0 Å². The molecule has 188 valence electrons. The summed E-state index contributed by atoms with van der Waals surface area (Å²) in [7, 11) is 0. The van der Waals surface area contributed by atoms with Crippen LogP contribution in [0.4, 0.5) is 10.2 Å². The molecule has 0 amide bonds. The molecule has 38 heavy (non-hydrogen) atoms. The number of aromatic nitrogens is 2. The zero-order valence-electron chi connectivity index (χ0n) is 20.8. The predicted molar refractivity (Wildman–Crippen MR) is 144 cm³/mol. The van der Waals surface area contributed by atoms with Crippen molar-refractivity contribution < 1.29 is 9.18 Å². The monoisotopic (exact) mass is 503 g/mol. The highest BCUT2D eigenvalue weighted by molar-refractivity contribution is 5.97. The van der Waals surface area contributed by atoms with Crippen molar-refractivity contribution in [1.82, 2.24) is 15.1 Å². The highest BCUT2D eigenvalue weighted by atomic mass is 19.1. The van der Waals surface area contributed by atoms with Gasteiger partial charge in [0.25, 0.3) is 5.82 Å². The van der Waals surface area contributed by atoms with Gasteiger partial charge in [0, 0.05) is 12.0 Å². The van der Waals surface area contributed by atoms with Gasteiger partial charge in [-0.2, -0.15) is 4.68 Å². The van der Waals surface area contributed by atoms with E-state index in [-0.39, 0.29) is 36.3 Å². The van der Waals surface area contributed by atoms with Crippen LogP contribution in [-0.4, -0.2) is 22.1 Å². The first-order valence-electron chi connectivity index (χ1n) is 12.6. The van der Waals surface area contributed by atoms with Gasteiger partial charge in [0.1, 0.15) is 11.5 Å². The molecule has 7 heteroatoms. The standard InChI is InChI=1S/C31H26FN5O/c1-33-19-22-7-6-10-26(15-22)37-28(18-30(34-2)36-37)29(38)17-25-16-24(13-14-27(25)32)31(35-20-21-11-12-21)23-8-4-3-5-9-23/h3-10,13-16,18,21,31,35H,11-12,17,19-20H2. The summed E-state index contributed by atoms with van der Waals surface area (Å²) in [6.07, 6.45) is 2.27. The number of ketones is 1. The molecular formula is C31H26FN5O. The Morgan fingerprint density at radius 3 is 2.58 bits per heavy atom. The smallest absolute Gasteiger partial charge is 0.296 e. The topological polar surface area (TPSA) is 55.6 Å².